The summed E-state index contributed by atoms with van der Waals surface area (Å²) in [6.45, 7) is 3.12. The summed E-state index contributed by atoms with van der Waals surface area (Å²) in [5.41, 5.74) is 6.34. The van der Waals surface area contributed by atoms with Gasteiger partial charge in [0.25, 0.3) is 0 Å². The molecule has 1 nitrogen and oxygen atoms in total. The predicted molar refractivity (Wildman–Crippen MR) is 105 cm³/mol. The maximum absolute atomic E-state index is 3.53. The molecule has 1 atom stereocenters. The minimum absolute atomic E-state index is 0.0906. The van der Waals surface area contributed by atoms with Gasteiger partial charge in [0.2, 0.25) is 0 Å². The van der Waals surface area contributed by atoms with Crippen molar-refractivity contribution in [1.29, 1.82) is 0 Å². The summed E-state index contributed by atoms with van der Waals surface area (Å²) in [6, 6.07) is 27.8. The lowest BCUT2D eigenvalue weighted by Crippen LogP contribution is -2.34. The van der Waals surface area contributed by atoms with Crippen molar-refractivity contribution in [3.05, 3.63) is 101 Å². The Kier molecular flexibility index (Phi) is 4.27. The Morgan fingerprint density at radius 1 is 0.840 bits per heavy atom. The van der Waals surface area contributed by atoms with Crippen molar-refractivity contribution in [2.75, 3.05) is 11.4 Å². The van der Waals surface area contributed by atoms with Gasteiger partial charge in [-0.1, -0.05) is 72.0 Å². The van der Waals surface area contributed by atoms with Crippen LogP contribution in [0.25, 0.3) is 0 Å². The molecule has 25 heavy (non-hydrogen) atoms. The Bertz CT molecular complexity index is 914. The summed E-state index contributed by atoms with van der Waals surface area (Å²) in [5.74, 6) is 6.91. The van der Waals surface area contributed by atoms with Gasteiger partial charge in [-0.25, -0.2) is 0 Å². The van der Waals surface area contributed by atoms with Gasteiger partial charge in [-0.05, 0) is 48.7 Å². The second-order valence-electron chi connectivity index (χ2n) is 6.52. The monoisotopic (exact) mass is 323 g/mol. The third-order valence-corrected chi connectivity index (χ3v) is 4.78. The Morgan fingerprint density at radius 2 is 1.56 bits per heavy atom. The molecule has 1 aliphatic heterocycles. The fourth-order valence-corrected chi connectivity index (χ4v) is 3.41. The summed E-state index contributed by atoms with van der Waals surface area (Å²) in [6.07, 6.45) is 1.06. The lowest BCUT2D eigenvalue weighted by atomic mass is 9.92. The van der Waals surface area contributed by atoms with Crippen LogP contribution in [-0.2, 0) is 6.42 Å². The standard InChI is InChI=1S/C24H21N/c1-19-11-14-22(15-12-19)25-18-17-21-9-5-6-10-23(21)24(25)16-13-20-7-3-2-4-8-20/h2-12,14-15,24H,17-18H2,1H3/t24-/m0/s1. The first-order valence-electron chi connectivity index (χ1n) is 8.79. The maximum atomic E-state index is 3.53. The van der Waals surface area contributed by atoms with Gasteiger partial charge in [-0.15, -0.1) is 0 Å². The van der Waals surface area contributed by atoms with E-state index in [2.05, 4.69) is 84.3 Å². The molecule has 0 saturated carbocycles. The molecule has 3 aromatic rings. The highest BCUT2D eigenvalue weighted by atomic mass is 15.2. The second-order valence-corrected chi connectivity index (χ2v) is 6.52. The van der Waals surface area contributed by atoms with Crippen molar-refractivity contribution in [3.63, 3.8) is 0 Å². The van der Waals surface area contributed by atoms with Crippen LogP contribution in [0, 0.1) is 18.8 Å². The van der Waals surface area contributed by atoms with Crippen LogP contribution in [0.5, 0.6) is 0 Å². The quantitative estimate of drug-likeness (QED) is 0.560. The summed E-state index contributed by atoms with van der Waals surface area (Å²) in [4.78, 5) is 2.43. The first-order valence-corrected chi connectivity index (χ1v) is 8.79. The molecule has 0 aliphatic carbocycles. The highest BCUT2D eigenvalue weighted by Gasteiger charge is 2.25. The van der Waals surface area contributed by atoms with Crippen LogP contribution in [0.3, 0.4) is 0 Å². The average molecular weight is 323 g/mol. The van der Waals surface area contributed by atoms with Gasteiger partial charge in [0, 0.05) is 17.8 Å². The van der Waals surface area contributed by atoms with Crippen LogP contribution in [0.15, 0.2) is 78.9 Å². The lowest BCUT2D eigenvalue weighted by Gasteiger charge is -2.36. The molecule has 0 fully saturated rings. The maximum Gasteiger partial charge on any atom is 0.117 e. The molecule has 4 rings (SSSR count). The number of hydrogen-bond donors (Lipinski definition) is 0. The lowest BCUT2D eigenvalue weighted by molar-refractivity contribution is 0.682. The van der Waals surface area contributed by atoms with Gasteiger partial charge in [-0.3, -0.25) is 0 Å². The number of benzene rings is 3. The van der Waals surface area contributed by atoms with Crippen molar-refractivity contribution >= 4 is 5.69 Å². The summed E-state index contributed by atoms with van der Waals surface area (Å²) >= 11 is 0. The molecule has 0 aromatic heterocycles. The molecule has 1 heterocycles. The Hall–Kier alpha value is -2.98. The molecule has 0 spiro atoms. The highest BCUT2D eigenvalue weighted by molar-refractivity contribution is 5.56. The van der Waals surface area contributed by atoms with Gasteiger partial charge in [0.15, 0.2) is 0 Å². The fourth-order valence-electron chi connectivity index (χ4n) is 3.41. The number of hydrogen-bond acceptors (Lipinski definition) is 1. The van der Waals surface area contributed by atoms with E-state index < -0.39 is 0 Å². The zero-order valence-electron chi connectivity index (χ0n) is 14.4. The van der Waals surface area contributed by atoms with Crippen molar-refractivity contribution in [2.45, 2.75) is 19.4 Å². The second kappa shape index (κ2) is 6.87. The van der Waals surface area contributed by atoms with E-state index in [1.165, 1.54) is 22.4 Å². The molecule has 1 heteroatoms. The van der Waals surface area contributed by atoms with E-state index >= 15 is 0 Å². The number of rotatable bonds is 1. The molecular weight excluding hydrogens is 302 g/mol. The molecule has 0 saturated heterocycles. The first-order chi connectivity index (χ1) is 12.3. The van der Waals surface area contributed by atoms with Crippen LogP contribution >= 0.6 is 0 Å². The summed E-state index contributed by atoms with van der Waals surface area (Å²) in [5, 5.41) is 0. The van der Waals surface area contributed by atoms with Crippen LogP contribution in [0.2, 0.25) is 0 Å². The number of aryl methyl sites for hydroxylation is 1. The number of anilines is 1. The molecule has 0 unspecified atom stereocenters. The molecule has 3 aromatic carbocycles. The first kappa shape index (κ1) is 15.5. The fraction of sp³-hybridized carbons (Fsp3) is 0.167. The molecule has 0 amide bonds. The zero-order chi connectivity index (χ0) is 17.1. The topological polar surface area (TPSA) is 3.24 Å². The van der Waals surface area contributed by atoms with E-state index in [-0.39, 0.29) is 6.04 Å². The van der Waals surface area contributed by atoms with Crippen molar-refractivity contribution in [3.8, 4) is 11.8 Å². The zero-order valence-corrected chi connectivity index (χ0v) is 14.4. The van der Waals surface area contributed by atoms with Crippen molar-refractivity contribution < 1.29 is 0 Å². The number of nitrogens with zero attached hydrogens (tertiary/aromatic N) is 1. The van der Waals surface area contributed by atoms with Crippen LogP contribution in [0.1, 0.15) is 28.3 Å². The Labute approximate surface area is 149 Å². The number of fused-ring (bicyclic) bond motifs is 1. The van der Waals surface area contributed by atoms with Crippen molar-refractivity contribution in [1.82, 2.24) is 0 Å². The van der Waals surface area contributed by atoms with Gasteiger partial charge in [-0.2, -0.15) is 0 Å². The largest absolute Gasteiger partial charge is 0.353 e. The van der Waals surface area contributed by atoms with E-state index in [1.807, 2.05) is 18.2 Å². The van der Waals surface area contributed by atoms with Gasteiger partial charge in [0.05, 0.1) is 0 Å². The van der Waals surface area contributed by atoms with Gasteiger partial charge in [0.1, 0.15) is 6.04 Å². The van der Waals surface area contributed by atoms with Crippen molar-refractivity contribution in [2.24, 2.45) is 0 Å². The molecule has 0 radical (unpaired) electrons. The Morgan fingerprint density at radius 3 is 2.36 bits per heavy atom. The van der Waals surface area contributed by atoms with E-state index in [9.17, 15) is 0 Å². The van der Waals surface area contributed by atoms with Crippen LogP contribution < -0.4 is 4.90 Å². The normalized spacial score (nSPS) is 15.9. The third kappa shape index (κ3) is 3.30. The summed E-state index contributed by atoms with van der Waals surface area (Å²) < 4.78 is 0. The average Bonchev–Trinajstić information content (AvgIpc) is 2.67. The van der Waals surface area contributed by atoms with Gasteiger partial charge >= 0.3 is 0 Å². The molecule has 122 valence electrons. The Balaban J connectivity index is 1.76. The van der Waals surface area contributed by atoms with Crippen LogP contribution in [-0.4, -0.2) is 6.54 Å². The minimum atomic E-state index is 0.0906. The van der Waals surface area contributed by atoms with E-state index in [0.717, 1.165) is 18.5 Å². The predicted octanol–water partition coefficient (Wildman–Crippen LogP) is 5.15. The SMILES string of the molecule is Cc1ccc(N2CCc3ccccc3[C@@H]2C#Cc2ccccc2)cc1. The molecular formula is C24H21N. The molecule has 0 bridgehead atoms. The third-order valence-electron chi connectivity index (χ3n) is 4.78. The van der Waals surface area contributed by atoms with Crippen LogP contribution in [0.4, 0.5) is 5.69 Å². The van der Waals surface area contributed by atoms with E-state index in [1.54, 1.807) is 0 Å². The highest BCUT2D eigenvalue weighted by Crippen LogP contribution is 2.33. The molecule has 0 N–H and O–H groups in total. The van der Waals surface area contributed by atoms with E-state index in [4.69, 9.17) is 0 Å². The van der Waals surface area contributed by atoms with Gasteiger partial charge < -0.3 is 4.90 Å². The minimum Gasteiger partial charge on any atom is -0.353 e. The summed E-state index contributed by atoms with van der Waals surface area (Å²) in [7, 11) is 0. The van der Waals surface area contributed by atoms with E-state index in [0.29, 0.717) is 0 Å². The smallest absolute Gasteiger partial charge is 0.117 e. The molecule has 1 aliphatic rings.